The lowest BCUT2D eigenvalue weighted by Crippen LogP contribution is -2.57. The first-order chi connectivity index (χ1) is 14.9. The number of carbonyl (C=O) groups excluding carboxylic acids is 2. The lowest BCUT2D eigenvalue weighted by Gasteiger charge is -2.44. The smallest absolute Gasteiger partial charge is 0.233 e. The van der Waals surface area contributed by atoms with Crippen LogP contribution in [0.5, 0.6) is 0 Å². The third-order valence-electron chi connectivity index (χ3n) is 8.58. The van der Waals surface area contributed by atoms with Gasteiger partial charge in [0.2, 0.25) is 11.8 Å². The molecule has 1 spiro atoms. The Morgan fingerprint density at radius 2 is 1.97 bits per heavy atom. The number of fused-ring (bicyclic) bond motifs is 2. The predicted molar refractivity (Wildman–Crippen MR) is 122 cm³/mol. The average molecular weight is 444 g/mol. The highest BCUT2D eigenvalue weighted by molar-refractivity contribution is 6.30. The van der Waals surface area contributed by atoms with Crippen molar-refractivity contribution in [3.8, 4) is 0 Å². The third kappa shape index (κ3) is 3.48. The van der Waals surface area contributed by atoms with Gasteiger partial charge in [0.05, 0.1) is 11.3 Å². The van der Waals surface area contributed by atoms with Gasteiger partial charge in [-0.1, -0.05) is 37.1 Å². The number of amides is 2. The van der Waals surface area contributed by atoms with Gasteiger partial charge in [-0.3, -0.25) is 14.5 Å². The van der Waals surface area contributed by atoms with E-state index in [0.717, 1.165) is 57.4 Å². The van der Waals surface area contributed by atoms with Gasteiger partial charge < -0.3 is 10.2 Å². The lowest BCUT2D eigenvalue weighted by molar-refractivity contribution is -0.136. The summed E-state index contributed by atoms with van der Waals surface area (Å²) in [6, 6.07) is 8.32. The van der Waals surface area contributed by atoms with Crippen molar-refractivity contribution in [3.05, 3.63) is 34.9 Å². The molecule has 3 heterocycles. The van der Waals surface area contributed by atoms with Gasteiger partial charge in [-0.15, -0.1) is 0 Å². The molecule has 5 rings (SSSR count). The summed E-state index contributed by atoms with van der Waals surface area (Å²) in [6.07, 6.45) is 5.90. The maximum absolute atomic E-state index is 13.5. The van der Waals surface area contributed by atoms with Gasteiger partial charge in [0.1, 0.15) is 0 Å². The fourth-order valence-corrected chi connectivity index (χ4v) is 6.69. The molecule has 4 aliphatic rings. The Labute approximate surface area is 190 Å². The first-order valence-corrected chi connectivity index (χ1v) is 12.4. The van der Waals surface area contributed by atoms with Gasteiger partial charge >= 0.3 is 0 Å². The molecule has 0 aromatic heterocycles. The Hall–Kier alpha value is -1.59. The molecule has 4 fully saturated rings. The summed E-state index contributed by atoms with van der Waals surface area (Å²) < 4.78 is 0. The molecule has 6 heteroatoms. The molecule has 168 valence electrons. The van der Waals surface area contributed by atoms with Crippen LogP contribution < -0.4 is 5.32 Å². The number of piperidine rings is 1. The Morgan fingerprint density at radius 3 is 2.61 bits per heavy atom. The normalized spacial score (nSPS) is 29.6. The zero-order valence-electron chi connectivity index (χ0n) is 18.7. The Bertz CT molecular complexity index is 875. The Kier molecular flexibility index (Phi) is 5.33. The molecule has 1 unspecified atom stereocenters. The monoisotopic (exact) mass is 443 g/mol. The van der Waals surface area contributed by atoms with E-state index in [9.17, 15) is 9.59 Å². The summed E-state index contributed by atoms with van der Waals surface area (Å²) in [6.45, 7) is 7.88. The maximum Gasteiger partial charge on any atom is 0.233 e. The molecule has 1 saturated carbocycles. The van der Waals surface area contributed by atoms with Gasteiger partial charge in [0, 0.05) is 48.7 Å². The molecule has 31 heavy (non-hydrogen) atoms. The van der Waals surface area contributed by atoms with Crippen LogP contribution in [0.2, 0.25) is 5.02 Å². The van der Waals surface area contributed by atoms with Crippen LogP contribution in [0, 0.1) is 11.8 Å². The first-order valence-electron chi connectivity index (χ1n) is 12.0. The van der Waals surface area contributed by atoms with Crippen LogP contribution in [-0.4, -0.2) is 59.4 Å². The van der Waals surface area contributed by atoms with E-state index >= 15 is 0 Å². The number of benzene rings is 1. The van der Waals surface area contributed by atoms with E-state index in [2.05, 4.69) is 24.1 Å². The fraction of sp³-hybridized carbons (Fsp3) is 0.680. The molecule has 5 nitrogen and oxygen atoms in total. The van der Waals surface area contributed by atoms with Crippen LogP contribution >= 0.6 is 11.6 Å². The standard InChI is InChI=1S/C25H34ClN3O2/c1-3-5-17(2)29-15-20-21(16-29)25(27-22(20)30)10-12-28(13-11-25)23(31)24(8-9-24)18-6-4-7-19(26)14-18/h4,6-7,14,17,20-21H,3,5,8-13,15-16H2,1-2H3,(H,27,30)/t17?,20-,21+/m1/s1. The van der Waals surface area contributed by atoms with Crippen molar-refractivity contribution in [1.29, 1.82) is 0 Å². The summed E-state index contributed by atoms with van der Waals surface area (Å²) >= 11 is 6.20. The SMILES string of the molecule is CCCC(C)N1C[C@H]2C(=O)NC3(CCN(C(=O)C4(c5cccc(Cl)c5)CC4)CC3)[C@H]2C1. The highest BCUT2D eigenvalue weighted by atomic mass is 35.5. The number of hydrogen-bond donors (Lipinski definition) is 1. The Balaban J connectivity index is 1.27. The van der Waals surface area contributed by atoms with E-state index in [1.54, 1.807) is 0 Å². The fourth-order valence-electron chi connectivity index (χ4n) is 6.50. The van der Waals surface area contributed by atoms with E-state index in [-0.39, 0.29) is 28.7 Å². The minimum atomic E-state index is -0.378. The third-order valence-corrected chi connectivity index (χ3v) is 8.81. The van der Waals surface area contributed by atoms with Gasteiger partial charge in [0.15, 0.2) is 0 Å². The van der Waals surface area contributed by atoms with Crippen molar-refractivity contribution in [2.45, 2.75) is 69.4 Å². The van der Waals surface area contributed by atoms with Crippen LogP contribution in [-0.2, 0) is 15.0 Å². The molecule has 3 saturated heterocycles. The number of halogens is 1. The van der Waals surface area contributed by atoms with Crippen molar-refractivity contribution in [2.75, 3.05) is 26.2 Å². The highest BCUT2D eigenvalue weighted by Gasteiger charge is 2.59. The minimum Gasteiger partial charge on any atom is -0.350 e. The molecule has 1 N–H and O–H groups in total. The molecular formula is C25H34ClN3O2. The average Bonchev–Trinajstić information content (AvgIpc) is 3.37. The van der Waals surface area contributed by atoms with Crippen molar-refractivity contribution in [2.24, 2.45) is 11.8 Å². The predicted octanol–water partition coefficient (Wildman–Crippen LogP) is 3.60. The van der Waals surface area contributed by atoms with Gasteiger partial charge in [-0.25, -0.2) is 0 Å². The van der Waals surface area contributed by atoms with Crippen LogP contribution in [0.25, 0.3) is 0 Å². The number of nitrogens with zero attached hydrogens (tertiary/aromatic N) is 2. The van der Waals surface area contributed by atoms with E-state index in [4.69, 9.17) is 11.6 Å². The van der Waals surface area contributed by atoms with Crippen molar-refractivity contribution in [1.82, 2.24) is 15.1 Å². The summed E-state index contributed by atoms with van der Waals surface area (Å²) in [5, 5.41) is 4.09. The summed E-state index contributed by atoms with van der Waals surface area (Å²) in [4.78, 5) is 30.9. The maximum atomic E-state index is 13.5. The van der Waals surface area contributed by atoms with E-state index in [1.165, 1.54) is 12.8 Å². The number of likely N-dealkylation sites (tertiary alicyclic amines) is 2. The summed E-state index contributed by atoms with van der Waals surface area (Å²) in [5.74, 6) is 0.964. The van der Waals surface area contributed by atoms with Crippen LogP contribution in [0.3, 0.4) is 0 Å². The number of rotatable bonds is 5. The minimum absolute atomic E-state index is 0.114. The zero-order chi connectivity index (χ0) is 21.8. The molecule has 2 amide bonds. The van der Waals surface area contributed by atoms with Crippen molar-refractivity contribution < 1.29 is 9.59 Å². The molecule has 1 aliphatic carbocycles. The second kappa shape index (κ2) is 7.77. The largest absolute Gasteiger partial charge is 0.350 e. The molecule has 0 bridgehead atoms. The topological polar surface area (TPSA) is 52.7 Å². The first kappa shape index (κ1) is 21.3. The molecule has 1 aromatic rings. The van der Waals surface area contributed by atoms with Gasteiger partial charge in [0.25, 0.3) is 0 Å². The van der Waals surface area contributed by atoms with E-state index in [1.807, 2.05) is 29.2 Å². The van der Waals surface area contributed by atoms with Crippen molar-refractivity contribution >= 4 is 23.4 Å². The molecular weight excluding hydrogens is 410 g/mol. The summed E-state index contributed by atoms with van der Waals surface area (Å²) in [5.41, 5.74) is 0.540. The van der Waals surface area contributed by atoms with E-state index < -0.39 is 0 Å². The number of carbonyl (C=O) groups is 2. The van der Waals surface area contributed by atoms with Crippen LogP contribution in [0.1, 0.15) is 57.9 Å². The molecule has 0 radical (unpaired) electrons. The molecule has 3 aliphatic heterocycles. The summed E-state index contributed by atoms with van der Waals surface area (Å²) in [7, 11) is 0. The van der Waals surface area contributed by atoms with Crippen LogP contribution in [0.4, 0.5) is 0 Å². The second-order valence-electron chi connectivity index (χ2n) is 10.3. The van der Waals surface area contributed by atoms with E-state index in [0.29, 0.717) is 17.0 Å². The zero-order valence-corrected chi connectivity index (χ0v) is 19.5. The second-order valence-corrected chi connectivity index (χ2v) is 10.8. The number of nitrogens with one attached hydrogen (secondary N) is 1. The van der Waals surface area contributed by atoms with Crippen LogP contribution in [0.15, 0.2) is 24.3 Å². The lowest BCUT2D eigenvalue weighted by atomic mass is 9.75. The molecule has 3 atom stereocenters. The quantitative estimate of drug-likeness (QED) is 0.756. The van der Waals surface area contributed by atoms with Gasteiger partial charge in [-0.05, 0) is 56.7 Å². The molecule has 1 aromatic carbocycles. The highest BCUT2D eigenvalue weighted by Crippen LogP contribution is 2.51. The van der Waals surface area contributed by atoms with Crippen molar-refractivity contribution in [3.63, 3.8) is 0 Å². The Morgan fingerprint density at radius 1 is 1.23 bits per heavy atom. The number of hydrogen-bond acceptors (Lipinski definition) is 3. The van der Waals surface area contributed by atoms with Gasteiger partial charge in [-0.2, -0.15) is 0 Å².